The van der Waals surface area contributed by atoms with E-state index in [0.717, 1.165) is 12.2 Å². The summed E-state index contributed by atoms with van der Waals surface area (Å²) in [7, 11) is 4.50. The van der Waals surface area contributed by atoms with Gasteiger partial charge in [0.05, 0.1) is 43.9 Å². The Labute approximate surface area is 206 Å². The maximum absolute atomic E-state index is 14.8. The van der Waals surface area contributed by atoms with Crippen LogP contribution in [-0.4, -0.2) is 73.8 Å². The Kier molecular flexibility index (Phi) is 9.05. The van der Waals surface area contributed by atoms with Gasteiger partial charge < -0.3 is 23.5 Å². The molecule has 194 valence electrons. The lowest BCUT2D eigenvalue weighted by Crippen LogP contribution is -2.41. The quantitative estimate of drug-likeness (QED) is 0.371. The van der Waals surface area contributed by atoms with E-state index in [1.165, 1.54) is 38.5 Å². The highest BCUT2D eigenvalue weighted by Crippen LogP contribution is 2.32. The molecule has 1 unspecified atom stereocenters. The normalized spacial score (nSPS) is 15.9. The van der Waals surface area contributed by atoms with Gasteiger partial charge in [0.15, 0.2) is 0 Å². The number of likely N-dealkylation sites (N-methyl/N-ethyl adjacent to an activating group) is 1. The van der Waals surface area contributed by atoms with Crippen LogP contribution in [0.25, 0.3) is 16.9 Å². The molecule has 36 heavy (non-hydrogen) atoms. The molecule has 8 nitrogen and oxygen atoms in total. The number of imidazole rings is 1. The molecule has 0 radical (unpaired) electrons. The highest BCUT2D eigenvalue weighted by Gasteiger charge is 2.25. The molecule has 1 saturated heterocycles. The summed E-state index contributed by atoms with van der Waals surface area (Å²) < 4.78 is 57.4. The standard InChI is InChI=1S/C23H24F3N3O3.C2H4O2/c1-13-8-17(23(30)31-3)18(24)11-16(13)21-19(10-15-12-28(2)6-7-32-15)29-5-4-14(22(25)26)9-20(29)27-21;1-4-2-3/h4-5,8-9,11,15,22H,6-7,10,12H2,1-3H3;2H,1H3. The number of esters is 1. The molecule has 0 saturated carbocycles. The van der Waals surface area contributed by atoms with Crippen LogP contribution in [0.15, 0.2) is 30.5 Å². The number of rotatable bonds is 6. The Morgan fingerprint density at radius 3 is 2.64 bits per heavy atom. The van der Waals surface area contributed by atoms with E-state index in [-0.39, 0.29) is 17.2 Å². The zero-order valence-electron chi connectivity index (χ0n) is 20.5. The Morgan fingerprint density at radius 1 is 1.31 bits per heavy atom. The number of morpholine rings is 1. The molecule has 3 heterocycles. The van der Waals surface area contributed by atoms with Crippen LogP contribution < -0.4 is 0 Å². The molecule has 0 N–H and O–H groups in total. The monoisotopic (exact) mass is 507 g/mol. The van der Waals surface area contributed by atoms with Crippen LogP contribution in [0.1, 0.15) is 33.6 Å². The van der Waals surface area contributed by atoms with Gasteiger partial charge in [0.2, 0.25) is 0 Å². The van der Waals surface area contributed by atoms with Gasteiger partial charge >= 0.3 is 5.97 Å². The van der Waals surface area contributed by atoms with Gasteiger partial charge in [0.1, 0.15) is 11.5 Å². The molecule has 2 aromatic heterocycles. The lowest BCUT2D eigenvalue weighted by atomic mass is 9.98. The van der Waals surface area contributed by atoms with Gasteiger partial charge in [-0.2, -0.15) is 0 Å². The van der Waals surface area contributed by atoms with Crippen molar-refractivity contribution in [3.8, 4) is 11.3 Å². The summed E-state index contributed by atoms with van der Waals surface area (Å²) in [5, 5.41) is 0. The number of nitrogens with zero attached hydrogens (tertiary/aromatic N) is 3. The van der Waals surface area contributed by atoms with Crippen molar-refractivity contribution in [3.63, 3.8) is 0 Å². The van der Waals surface area contributed by atoms with E-state index >= 15 is 0 Å². The fourth-order valence-corrected chi connectivity index (χ4v) is 4.07. The lowest BCUT2D eigenvalue weighted by Gasteiger charge is -2.30. The van der Waals surface area contributed by atoms with E-state index in [9.17, 15) is 18.0 Å². The zero-order valence-corrected chi connectivity index (χ0v) is 20.5. The summed E-state index contributed by atoms with van der Waals surface area (Å²) in [5.41, 5.74) is 2.34. The van der Waals surface area contributed by atoms with E-state index in [1.807, 2.05) is 7.05 Å². The minimum Gasteiger partial charge on any atom is -0.471 e. The van der Waals surface area contributed by atoms with E-state index < -0.39 is 18.2 Å². The molecule has 1 aliphatic rings. The lowest BCUT2D eigenvalue weighted by molar-refractivity contribution is -0.126. The minimum atomic E-state index is -2.63. The van der Waals surface area contributed by atoms with Gasteiger partial charge in [-0.15, -0.1) is 0 Å². The molecule has 0 spiro atoms. The average Bonchev–Trinajstić information content (AvgIpc) is 3.22. The van der Waals surface area contributed by atoms with Crippen LogP contribution in [0, 0.1) is 12.7 Å². The number of benzene rings is 1. The number of methoxy groups -OCH3 is 2. The predicted molar refractivity (Wildman–Crippen MR) is 126 cm³/mol. The number of aromatic nitrogens is 2. The summed E-state index contributed by atoms with van der Waals surface area (Å²) in [6.45, 7) is 4.23. The first kappa shape index (κ1) is 27.2. The third kappa shape index (κ3) is 6.03. The Hall–Kier alpha value is -3.44. The number of hydrogen-bond donors (Lipinski definition) is 0. The molecule has 1 aliphatic heterocycles. The van der Waals surface area contributed by atoms with Crippen molar-refractivity contribution >= 4 is 18.1 Å². The number of hydrogen-bond acceptors (Lipinski definition) is 7. The van der Waals surface area contributed by atoms with Crippen LogP contribution in [0.3, 0.4) is 0 Å². The van der Waals surface area contributed by atoms with Crippen LogP contribution in [0.5, 0.6) is 0 Å². The van der Waals surface area contributed by atoms with Crippen LogP contribution in [0.2, 0.25) is 0 Å². The Bertz CT molecular complexity index is 1230. The van der Waals surface area contributed by atoms with Crippen molar-refractivity contribution < 1.29 is 37.0 Å². The number of ether oxygens (including phenoxy) is 3. The molecule has 1 aromatic carbocycles. The summed E-state index contributed by atoms with van der Waals surface area (Å²) in [6.07, 6.45) is -0.725. The zero-order chi connectivity index (χ0) is 26.4. The van der Waals surface area contributed by atoms with Gasteiger partial charge in [-0.25, -0.2) is 22.9 Å². The predicted octanol–water partition coefficient (Wildman–Crippen LogP) is 3.84. The third-order valence-corrected chi connectivity index (χ3v) is 5.83. The second kappa shape index (κ2) is 12.0. The van der Waals surface area contributed by atoms with E-state index in [2.05, 4.69) is 19.4 Å². The van der Waals surface area contributed by atoms with Crippen LogP contribution >= 0.6 is 0 Å². The Balaban J connectivity index is 0.000000840. The van der Waals surface area contributed by atoms with Crippen molar-refractivity contribution in [2.75, 3.05) is 41.0 Å². The second-order valence-electron chi connectivity index (χ2n) is 8.33. The molecule has 1 atom stereocenters. The van der Waals surface area contributed by atoms with Crippen molar-refractivity contribution in [2.45, 2.75) is 25.9 Å². The molecule has 0 amide bonds. The number of alkyl halides is 2. The van der Waals surface area contributed by atoms with Gasteiger partial charge in [-0.1, -0.05) is 0 Å². The van der Waals surface area contributed by atoms with Crippen molar-refractivity contribution in [3.05, 3.63) is 58.7 Å². The largest absolute Gasteiger partial charge is 0.471 e. The summed E-state index contributed by atoms with van der Waals surface area (Å²) in [5.74, 6) is -1.50. The van der Waals surface area contributed by atoms with Crippen LogP contribution in [0.4, 0.5) is 13.2 Å². The van der Waals surface area contributed by atoms with E-state index in [0.29, 0.717) is 48.5 Å². The number of halogens is 3. The molecule has 3 aromatic rings. The number of fused-ring (bicyclic) bond motifs is 1. The molecule has 0 bridgehead atoms. The average molecular weight is 508 g/mol. The van der Waals surface area contributed by atoms with Gasteiger partial charge in [-0.05, 0) is 43.8 Å². The molecule has 1 fully saturated rings. The Morgan fingerprint density at radius 2 is 2.03 bits per heavy atom. The number of aryl methyl sites for hydroxylation is 1. The first-order valence-electron chi connectivity index (χ1n) is 11.1. The molecular formula is C25H28F3N3O5. The number of carbonyl (C=O) groups excluding carboxylic acids is 2. The van der Waals surface area contributed by atoms with Crippen LogP contribution in [-0.2, 0) is 25.4 Å². The fourth-order valence-electron chi connectivity index (χ4n) is 4.07. The SMILES string of the molecule is COC(=O)c1cc(C)c(-c2nc3cc(C(F)F)ccn3c2CC2CN(C)CCO2)cc1F.COC=O. The smallest absolute Gasteiger partial charge is 0.340 e. The summed E-state index contributed by atoms with van der Waals surface area (Å²) in [4.78, 5) is 27.6. The molecular weight excluding hydrogens is 479 g/mol. The maximum Gasteiger partial charge on any atom is 0.340 e. The highest BCUT2D eigenvalue weighted by atomic mass is 19.3. The fraction of sp³-hybridized carbons (Fsp3) is 0.400. The molecule has 4 rings (SSSR count). The third-order valence-electron chi connectivity index (χ3n) is 5.83. The summed E-state index contributed by atoms with van der Waals surface area (Å²) in [6, 6.07) is 5.35. The number of pyridine rings is 1. The number of carbonyl (C=O) groups is 2. The molecule has 0 aliphatic carbocycles. The van der Waals surface area contributed by atoms with Gasteiger partial charge in [0.25, 0.3) is 12.9 Å². The topological polar surface area (TPSA) is 82.4 Å². The van der Waals surface area contributed by atoms with Gasteiger partial charge in [-0.3, -0.25) is 4.79 Å². The maximum atomic E-state index is 14.8. The summed E-state index contributed by atoms with van der Waals surface area (Å²) >= 11 is 0. The van der Waals surface area contributed by atoms with Crippen molar-refractivity contribution in [1.29, 1.82) is 0 Å². The second-order valence-corrected chi connectivity index (χ2v) is 8.33. The molecule has 11 heteroatoms. The first-order chi connectivity index (χ1) is 17.2. The van der Waals surface area contributed by atoms with Crippen molar-refractivity contribution in [2.24, 2.45) is 0 Å². The van der Waals surface area contributed by atoms with E-state index in [4.69, 9.17) is 9.53 Å². The van der Waals surface area contributed by atoms with Gasteiger partial charge in [0, 0.05) is 36.8 Å². The van der Waals surface area contributed by atoms with Crippen molar-refractivity contribution in [1.82, 2.24) is 14.3 Å². The minimum absolute atomic E-state index is 0.123. The highest BCUT2D eigenvalue weighted by molar-refractivity contribution is 5.91. The first-order valence-corrected chi connectivity index (χ1v) is 11.1. The van der Waals surface area contributed by atoms with E-state index in [1.54, 1.807) is 17.5 Å².